The number of carboxylic acids is 1. The van der Waals surface area contributed by atoms with Crippen molar-refractivity contribution in [2.24, 2.45) is 11.8 Å². The van der Waals surface area contributed by atoms with Crippen LogP contribution < -0.4 is 16.0 Å². The molecule has 1 unspecified atom stereocenters. The summed E-state index contributed by atoms with van der Waals surface area (Å²) in [4.78, 5) is 71.0. The molecule has 2 aromatic rings. The molecule has 2 saturated heterocycles. The van der Waals surface area contributed by atoms with Crippen molar-refractivity contribution in [3.63, 3.8) is 0 Å². The lowest BCUT2D eigenvalue weighted by atomic mass is 9.79. The van der Waals surface area contributed by atoms with E-state index >= 15 is 0 Å². The van der Waals surface area contributed by atoms with E-state index in [0.717, 1.165) is 38.5 Å². The fourth-order valence-corrected chi connectivity index (χ4v) is 8.78. The van der Waals surface area contributed by atoms with Gasteiger partial charge in [0, 0.05) is 73.0 Å². The average molecular weight is 765 g/mol. The van der Waals surface area contributed by atoms with Crippen LogP contribution in [0.15, 0.2) is 59.4 Å². The Labute approximate surface area is 320 Å². The summed E-state index contributed by atoms with van der Waals surface area (Å²) >= 11 is 1.38. The Kier molecular flexibility index (Phi) is 14.6. The number of β-lactam (4-membered cyclic amide) rings is 1. The van der Waals surface area contributed by atoms with Crippen LogP contribution in [-0.2, 0) is 30.3 Å². The summed E-state index contributed by atoms with van der Waals surface area (Å²) in [6, 6.07) is 9.87. The van der Waals surface area contributed by atoms with Crippen molar-refractivity contribution in [1.29, 1.82) is 0 Å². The molecule has 1 aromatic carbocycles. The van der Waals surface area contributed by atoms with Gasteiger partial charge < -0.3 is 40.7 Å². The molecular weight excluding hydrogens is 713 g/mol. The highest BCUT2D eigenvalue weighted by Gasteiger charge is 2.60. The lowest BCUT2D eigenvalue weighted by Crippen LogP contribution is -2.63. The van der Waals surface area contributed by atoms with Crippen LogP contribution in [0, 0.1) is 11.8 Å². The van der Waals surface area contributed by atoms with Crippen LogP contribution in [0.3, 0.4) is 0 Å². The number of aryl methyl sites for hydroxylation is 1. The number of hydrogen-bond donors (Lipinski definition) is 5. The number of benzene rings is 1. The molecular formula is C39H52N6O8S. The second-order valence-electron chi connectivity index (χ2n) is 14.3. The number of thioether (sulfide) groups is 1. The molecule has 5 N–H and O–H groups in total. The third-order valence-corrected chi connectivity index (χ3v) is 11.7. The van der Waals surface area contributed by atoms with Crippen molar-refractivity contribution in [3.8, 4) is 0 Å². The number of aromatic nitrogens is 1. The fourth-order valence-electron chi connectivity index (χ4n) is 7.31. The molecule has 4 amide bonds. The van der Waals surface area contributed by atoms with E-state index < -0.39 is 24.0 Å². The van der Waals surface area contributed by atoms with E-state index in [1.165, 1.54) is 22.2 Å². The van der Waals surface area contributed by atoms with Crippen LogP contribution in [0.25, 0.3) is 0 Å². The van der Waals surface area contributed by atoms with E-state index in [-0.39, 0.29) is 53.1 Å². The molecule has 1 aromatic heterocycles. The number of nitrogens with zero attached hydrogens (tertiary/aromatic N) is 3. The molecule has 2 fully saturated rings. The lowest BCUT2D eigenvalue weighted by Gasteiger charge is -2.46. The molecule has 3 aliphatic rings. The van der Waals surface area contributed by atoms with Gasteiger partial charge in [-0.3, -0.25) is 24.2 Å². The predicted molar refractivity (Wildman–Crippen MR) is 204 cm³/mol. The first-order valence-corrected chi connectivity index (χ1v) is 19.6. The molecule has 0 spiro atoms. The predicted octanol–water partition coefficient (Wildman–Crippen LogP) is 3.04. The molecule has 292 valence electrons. The van der Waals surface area contributed by atoms with Gasteiger partial charge in [-0.15, -0.1) is 11.8 Å². The van der Waals surface area contributed by atoms with Crippen molar-refractivity contribution in [3.05, 3.63) is 70.5 Å². The maximum atomic E-state index is 13.2. The topological polar surface area (TPSA) is 190 Å². The number of hydrogen-bond acceptors (Lipinski definition) is 10. The lowest BCUT2D eigenvalue weighted by molar-refractivity contribution is -0.163. The second-order valence-corrected chi connectivity index (χ2v) is 15.6. The maximum absolute atomic E-state index is 13.2. The number of unbranched alkanes of at least 4 members (excludes halogenated alkanes) is 3. The Morgan fingerprint density at radius 2 is 1.94 bits per heavy atom. The number of fused-ring (bicyclic) bond motifs is 1. The summed E-state index contributed by atoms with van der Waals surface area (Å²) in [6.45, 7) is 5.57. The largest absolute Gasteiger partial charge is 0.477 e. The van der Waals surface area contributed by atoms with Gasteiger partial charge in [0.2, 0.25) is 17.7 Å². The van der Waals surface area contributed by atoms with Crippen molar-refractivity contribution in [1.82, 2.24) is 25.4 Å². The van der Waals surface area contributed by atoms with E-state index in [4.69, 9.17) is 4.74 Å². The van der Waals surface area contributed by atoms with Crippen LogP contribution in [-0.4, -0.2) is 118 Å². The number of pyridine rings is 1. The number of carboxylic acid groups (broad SMARTS) is 1. The number of aliphatic hydroxyl groups is 1. The van der Waals surface area contributed by atoms with Crippen LogP contribution in [0.2, 0.25) is 0 Å². The SMILES string of the molecule is C[C@H]1C(S[C@@H]2CN[C@H](C(=O)Nc3cccc(C(=O)N(C)CCCCCNC(=O)COCCCCc4cccnc4)c3)C2)=C(C(=O)O)N2C(=O)[C@H]([C@@H](C)O)C12. The Morgan fingerprint density at radius 1 is 1.13 bits per heavy atom. The van der Waals surface area contributed by atoms with E-state index in [9.17, 15) is 34.2 Å². The molecule has 5 rings (SSSR count). The van der Waals surface area contributed by atoms with Crippen molar-refractivity contribution in [2.45, 2.75) is 82.2 Å². The monoisotopic (exact) mass is 764 g/mol. The summed E-state index contributed by atoms with van der Waals surface area (Å²) in [6.07, 6.45) is 8.39. The summed E-state index contributed by atoms with van der Waals surface area (Å²) in [5.41, 5.74) is 2.11. The van der Waals surface area contributed by atoms with Crippen LogP contribution >= 0.6 is 11.8 Å². The average Bonchev–Trinajstić information content (AvgIpc) is 3.72. The van der Waals surface area contributed by atoms with Gasteiger partial charge in [0.15, 0.2) is 0 Å². The highest BCUT2D eigenvalue weighted by molar-refractivity contribution is 8.03. The third-order valence-electron chi connectivity index (χ3n) is 10.2. The van der Waals surface area contributed by atoms with Gasteiger partial charge in [-0.1, -0.05) is 19.1 Å². The first-order valence-electron chi connectivity index (χ1n) is 18.7. The summed E-state index contributed by atoms with van der Waals surface area (Å²) in [5.74, 6) is -2.97. The molecule has 6 atom stereocenters. The maximum Gasteiger partial charge on any atom is 0.353 e. The first-order chi connectivity index (χ1) is 26.0. The molecule has 3 aliphatic heterocycles. The number of amides is 4. The first kappa shape index (κ1) is 40.9. The minimum atomic E-state index is -1.17. The minimum Gasteiger partial charge on any atom is -0.477 e. The number of aliphatic hydroxyl groups excluding tert-OH is 1. The Hall–Kier alpha value is -4.31. The summed E-state index contributed by atoms with van der Waals surface area (Å²) in [7, 11) is 1.74. The van der Waals surface area contributed by atoms with Crippen LogP contribution in [0.4, 0.5) is 5.69 Å². The molecule has 54 heavy (non-hydrogen) atoms. The van der Waals surface area contributed by atoms with Crippen molar-refractivity contribution in [2.75, 3.05) is 45.2 Å². The number of nitrogens with one attached hydrogen (secondary N) is 3. The molecule has 0 saturated carbocycles. The number of anilines is 1. The number of carbonyl (C=O) groups is 5. The summed E-state index contributed by atoms with van der Waals surface area (Å²) < 4.78 is 5.49. The molecule has 0 radical (unpaired) electrons. The quantitative estimate of drug-likeness (QED) is 0.0985. The van der Waals surface area contributed by atoms with Crippen LogP contribution in [0.1, 0.15) is 68.3 Å². The highest BCUT2D eigenvalue weighted by atomic mass is 32.2. The van der Waals surface area contributed by atoms with Crippen molar-refractivity contribution < 1.29 is 38.9 Å². The number of rotatable bonds is 20. The van der Waals surface area contributed by atoms with Gasteiger partial charge in [-0.05, 0) is 81.7 Å². The zero-order chi connectivity index (χ0) is 38.8. The van der Waals surface area contributed by atoms with Crippen molar-refractivity contribution >= 4 is 47.0 Å². The fraction of sp³-hybridized carbons (Fsp3) is 0.538. The van der Waals surface area contributed by atoms with E-state index in [1.54, 1.807) is 49.3 Å². The Bertz CT molecular complexity index is 1690. The Morgan fingerprint density at radius 3 is 2.69 bits per heavy atom. The van der Waals surface area contributed by atoms with E-state index in [1.807, 2.05) is 25.3 Å². The standard InChI is InChI=1S/C39H52N6O8S/c1-24-33-32(25(2)46)38(50)45(33)34(39(51)52)35(24)54-29-20-30(42-22-29)36(48)43-28-14-9-13-27(19-28)37(49)44(3)17-7-4-6-16-41-31(47)23-53-18-8-5-11-26-12-10-15-40-21-26/h9-10,12-15,19,21,24-25,29-30,32-33,42,46H,4-8,11,16-18,20,22-23H2,1-3H3,(H,41,47)(H,43,48)(H,51,52)/t24-,25-,29+,30+,32-,33?/m1/s1. The minimum absolute atomic E-state index is 0.0244. The molecule has 0 aliphatic carbocycles. The zero-order valence-corrected chi connectivity index (χ0v) is 32.0. The van der Waals surface area contributed by atoms with Gasteiger partial charge >= 0.3 is 5.97 Å². The molecule has 14 nitrogen and oxygen atoms in total. The van der Waals surface area contributed by atoms with Gasteiger partial charge in [-0.25, -0.2) is 4.79 Å². The molecule has 15 heteroatoms. The van der Waals surface area contributed by atoms with Gasteiger partial charge in [-0.2, -0.15) is 0 Å². The highest BCUT2D eigenvalue weighted by Crippen LogP contribution is 2.51. The van der Waals surface area contributed by atoms with Crippen LogP contribution in [0.5, 0.6) is 0 Å². The van der Waals surface area contributed by atoms with Gasteiger partial charge in [0.1, 0.15) is 12.3 Å². The normalized spacial score (nSPS) is 22.4. The smallest absolute Gasteiger partial charge is 0.353 e. The number of aliphatic carboxylic acids is 1. The summed E-state index contributed by atoms with van der Waals surface area (Å²) in [5, 5.41) is 29.0. The van der Waals surface area contributed by atoms with Gasteiger partial charge in [0.05, 0.1) is 24.1 Å². The number of carbonyl (C=O) groups excluding carboxylic acids is 4. The third kappa shape index (κ3) is 10.3. The second kappa shape index (κ2) is 19.3. The van der Waals surface area contributed by atoms with Gasteiger partial charge in [0.25, 0.3) is 5.91 Å². The number of ether oxygens (including phenoxy) is 1. The molecule has 4 heterocycles. The Balaban J connectivity index is 0.974. The zero-order valence-electron chi connectivity index (χ0n) is 31.2. The van der Waals surface area contributed by atoms with E-state index in [2.05, 4.69) is 20.9 Å². The van der Waals surface area contributed by atoms with E-state index in [0.29, 0.717) is 48.8 Å². The molecule has 0 bridgehead atoms.